The first-order valence-corrected chi connectivity index (χ1v) is 6.71. The number of non-ortho nitro benzene ring substituents is 1. The van der Waals surface area contributed by atoms with E-state index in [-0.39, 0.29) is 17.6 Å². The maximum atomic E-state index is 10.6. The van der Waals surface area contributed by atoms with Gasteiger partial charge in [0.2, 0.25) is 0 Å². The molecule has 0 radical (unpaired) electrons. The third-order valence-corrected chi connectivity index (χ3v) is 3.20. The Labute approximate surface area is 127 Å². The van der Waals surface area contributed by atoms with Crippen molar-refractivity contribution in [2.75, 3.05) is 0 Å². The molecule has 0 N–H and O–H groups in total. The number of nitro groups is 1. The Hall–Kier alpha value is -3.07. The molecule has 2 unspecified atom stereocenters. The molecule has 0 heterocycles. The second-order valence-corrected chi connectivity index (χ2v) is 4.75. The van der Waals surface area contributed by atoms with E-state index < -0.39 is 4.92 Å². The molecule has 110 valence electrons. The highest BCUT2D eigenvalue weighted by Gasteiger charge is 2.18. The molecule has 0 aliphatic heterocycles. The molecule has 2 aromatic carbocycles. The number of hydrogen-bond acceptors (Lipinski definition) is 5. The van der Waals surface area contributed by atoms with Gasteiger partial charge in [0.05, 0.1) is 28.6 Å². The average molecular weight is 294 g/mol. The van der Waals surface area contributed by atoms with E-state index in [0.29, 0.717) is 5.69 Å². The van der Waals surface area contributed by atoms with Gasteiger partial charge in [-0.2, -0.15) is 15.5 Å². The van der Waals surface area contributed by atoms with Gasteiger partial charge in [-0.3, -0.25) is 10.1 Å². The molecular weight excluding hydrogens is 280 g/mol. The molecular formula is C16H14N4O2. The summed E-state index contributed by atoms with van der Waals surface area (Å²) in [5, 5.41) is 28.1. The van der Waals surface area contributed by atoms with Crippen LogP contribution in [0.2, 0.25) is 0 Å². The van der Waals surface area contributed by atoms with Gasteiger partial charge >= 0.3 is 0 Å². The van der Waals surface area contributed by atoms with Crippen LogP contribution in [0.4, 0.5) is 11.4 Å². The zero-order valence-corrected chi connectivity index (χ0v) is 12.0. The van der Waals surface area contributed by atoms with Crippen molar-refractivity contribution in [1.82, 2.24) is 0 Å². The van der Waals surface area contributed by atoms with Gasteiger partial charge in [0.1, 0.15) is 0 Å². The lowest BCUT2D eigenvalue weighted by molar-refractivity contribution is -0.384. The Bertz CT molecular complexity index is 705. The van der Waals surface area contributed by atoms with Crippen LogP contribution in [0, 0.1) is 21.4 Å². The number of rotatable bonds is 5. The molecule has 0 aliphatic rings. The molecule has 0 aliphatic carbocycles. The molecule has 2 aromatic rings. The predicted octanol–water partition coefficient (Wildman–Crippen LogP) is 4.37. The fourth-order valence-corrected chi connectivity index (χ4v) is 1.99. The van der Waals surface area contributed by atoms with Crippen LogP contribution in [0.3, 0.4) is 0 Å². The Morgan fingerprint density at radius 1 is 1.14 bits per heavy atom. The number of nitriles is 1. The summed E-state index contributed by atoms with van der Waals surface area (Å²) in [6.07, 6.45) is 0. The fourth-order valence-electron chi connectivity index (χ4n) is 1.99. The van der Waals surface area contributed by atoms with E-state index in [2.05, 4.69) is 16.3 Å². The average Bonchev–Trinajstić information content (AvgIpc) is 2.55. The Kier molecular flexibility index (Phi) is 4.94. The molecule has 6 heteroatoms. The Morgan fingerprint density at radius 2 is 1.77 bits per heavy atom. The highest BCUT2D eigenvalue weighted by atomic mass is 16.6. The first-order chi connectivity index (χ1) is 10.6. The lowest BCUT2D eigenvalue weighted by atomic mass is 9.94. The minimum Gasteiger partial charge on any atom is -0.258 e. The summed E-state index contributed by atoms with van der Waals surface area (Å²) >= 11 is 0. The third-order valence-electron chi connectivity index (χ3n) is 3.20. The van der Waals surface area contributed by atoms with Crippen LogP contribution in [-0.4, -0.2) is 11.0 Å². The summed E-state index contributed by atoms with van der Waals surface area (Å²) < 4.78 is 0. The van der Waals surface area contributed by atoms with Gasteiger partial charge in [-0.25, -0.2) is 0 Å². The third kappa shape index (κ3) is 3.73. The standard InChI is InChI=1S/C16H14N4O2/c1-12(16(11-17)13-5-3-2-4-6-13)18-19-14-7-9-15(10-8-14)20(21)22/h2-10,12,16H,1H3. The molecule has 0 aromatic heterocycles. The number of nitro benzene ring substituents is 1. The van der Waals surface area contributed by atoms with Crippen molar-refractivity contribution < 1.29 is 4.92 Å². The number of azo groups is 1. The van der Waals surface area contributed by atoms with Crippen LogP contribution >= 0.6 is 0 Å². The maximum Gasteiger partial charge on any atom is 0.269 e. The van der Waals surface area contributed by atoms with Gasteiger partial charge < -0.3 is 0 Å². The molecule has 0 saturated heterocycles. The minimum absolute atomic E-state index is 0.00573. The van der Waals surface area contributed by atoms with Crippen molar-refractivity contribution >= 4 is 11.4 Å². The zero-order valence-electron chi connectivity index (χ0n) is 12.0. The first-order valence-electron chi connectivity index (χ1n) is 6.71. The van der Waals surface area contributed by atoms with Crippen LogP contribution in [0.5, 0.6) is 0 Å². The highest BCUT2D eigenvalue weighted by Crippen LogP contribution is 2.23. The molecule has 2 atom stereocenters. The van der Waals surface area contributed by atoms with Gasteiger partial charge in [-0.05, 0) is 24.6 Å². The highest BCUT2D eigenvalue weighted by molar-refractivity contribution is 5.43. The first kappa shape index (κ1) is 15.3. The topological polar surface area (TPSA) is 91.7 Å². The molecule has 0 bridgehead atoms. The van der Waals surface area contributed by atoms with E-state index in [4.69, 9.17) is 0 Å². The normalized spacial score (nSPS) is 13.5. The summed E-state index contributed by atoms with van der Waals surface area (Å²) in [4.78, 5) is 10.1. The quantitative estimate of drug-likeness (QED) is 0.465. The number of benzene rings is 2. The maximum absolute atomic E-state index is 10.6. The summed E-state index contributed by atoms with van der Waals surface area (Å²) in [7, 11) is 0. The fraction of sp³-hybridized carbons (Fsp3) is 0.188. The van der Waals surface area contributed by atoms with E-state index in [9.17, 15) is 15.4 Å². The Morgan fingerprint density at radius 3 is 2.32 bits per heavy atom. The van der Waals surface area contributed by atoms with Crippen LogP contribution in [0.15, 0.2) is 64.8 Å². The summed E-state index contributed by atoms with van der Waals surface area (Å²) in [6.45, 7) is 1.82. The van der Waals surface area contributed by atoms with E-state index in [1.807, 2.05) is 37.3 Å². The molecule has 0 fully saturated rings. The number of nitrogens with zero attached hydrogens (tertiary/aromatic N) is 4. The van der Waals surface area contributed by atoms with E-state index in [1.54, 1.807) is 0 Å². The SMILES string of the molecule is CC(N=Nc1ccc([N+](=O)[O-])cc1)C(C#N)c1ccccc1. The van der Waals surface area contributed by atoms with Gasteiger partial charge in [0.25, 0.3) is 5.69 Å². The van der Waals surface area contributed by atoms with E-state index in [1.165, 1.54) is 24.3 Å². The minimum atomic E-state index is -0.468. The molecule has 0 amide bonds. The van der Waals surface area contributed by atoms with Crippen molar-refractivity contribution in [3.8, 4) is 6.07 Å². The van der Waals surface area contributed by atoms with Gasteiger partial charge in [0, 0.05) is 12.1 Å². The van der Waals surface area contributed by atoms with E-state index >= 15 is 0 Å². The Balaban J connectivity index is 2.11. The van der Waals surface area contributed by atoms with Gasteiger partial charge in [-0.1, -0.05) is 30.3 Å². The summed E-state index contributed by atoms with van der Waals surface area (Å²) in [5.41, 5.74) is 1.41. The monoisotopic (exact) mass is 294 g/mol. The van der Waals surface area contributed by atoms with Crippen molar-refractivity contribution in [1.29, 1.82) is 5.26 Å². The van der Waals surface area contributed by atoms with Crippen LogP contribution < -0.4 is 0 Å². The van der Waals surface area contributed by atoms with Crippen LogP contribution in [0.1, 0.15) is 18.4 Å². The van der Waals surface area contributed by atoms with Crippen molar-refractivity contribution in [3.63, 3.8) is 0 Å². The van der Waals surface area contributed by atoms with Gasteiger partial charge in [-0.15, -0.1) is 0 Å². The van der Waals surface area contributed by atoms with Crippen molar-refractivity contribution in [3.05, 3.63) is 70.3 Å². The second-order valence-electron chi connectivity index (χ2n) is 4.75. The predicted molar refractivity (Wildman–Crippen MR) is 81.9 cm³/mol. The van der Waals surface area contributed by atoms with Crippen molar-refractivity contribution in [2.24, 2.45) is 10.2 Å². The summed E-state index contributed by atoms with van der Waals surface area (Å²) in [5.74, 6) is -0.386. The van der Waals surface area contributed by atoms with Crippen molar-refractivity contribution in [2.45, 2.75) is 18.9 Å². The molecule has 0 spiro atoms. The lowest BCUT2D eigenvalue weighted by Crippen LogP contribution is -2.10. The smallest absolute Gasteiger partial charge is 0.258 e. The van der Waals surface area contributed by atoms with Gasteiger partial charge in [0.15, 0.2) is 0 Å². The molecule has 0 saturated carbocycles. The second kappa shape index (κ2) is 7.09. The molecule has 2 rings (SSSR count). The van der Waals surface area contributed by atoms with Crippen LogP contribution in [-0.2, 0) is 0 Å². The molecule has 6 nitrogen and oxygen atoms in total. The largest absolute Gasteiger partial charge is 0.269 e. The molecule has 22 heavy (non-hydrogen) atoms. The number of hydrogen-bond donors (Lipinski definition) is 0. The lowest BCUT2D eigenvalue weighted by Gasteiger charge is -2.12. The van der Waals surface area contributed by atoms with Crippen LogP contribution in [0.25, 0.3) is 0 Å². The summed E-state index contributed by atoms with van der Waals surface area (Å²) in [6, 6.07) is 17.1. The zero-order chi connectivity index (χ0) is 15.9. The van der Waals surface area contributed by atoms with E-state index in [0.717, 1.165) is 5.56 Å².